The number of nitro groups is 1. The predicted octanol–water partition coefficient (Wildman–Crippen LogP) is 1.55. The maximum absolute atomic E-state index is 10.9. The zero-order valence-corrected chi connectivity index (χ0v) is 10.5. The average Bonchev–Trinajstić information content (AvgIpc) is 2.87. The van der Waals surface area contributed by atoms with E-state index in [0.29, 0.717) is 11.3 Å². The summed E-state index contributed by atoms with van der Waals surface area (Å²) in [4.78, 5) is 24.5. The van der Waals surface area contributed by atoms with Crippen molar-refractivity contribution in [3.05, 3.63) is 52.0 Å². The quantitative estimate of drug-likeness (QED) is 0.656. The van der Waals surface area contributed by atoms with Gasteiger partial charge < -0.3 is 24.5 Å². The van der Waals surface area contributed by atoms with Gasteiger partial charge in [-0.2, -0.15) is 0 Å². The molecule has 0 aliphatic rings. The third kappa shape index (κ3) is 2.74. The van der Waals surface area contributed by atoms with Crippen LogP contribution in [-0.4, -0.2) is 32.7 Å². The van der Waals surface area contributed by atoms with Crippen LogP contribution in [0.4, 0.5) is 5.82 Å². The molecular formula is C12H11N3O5. The van der Waals surface area contributed by atoms with Crippen molar-refractivity contribution in [3.63, 3.8) is 0 Å². The van der Waals surface area contributed by atoms with Crippen LogP contribution in [0.5, 0.6) is 5.75 Å². The summed E-state index contributed by atoms with van der Waals surface area (Å²) in [6, 6.07) is 4.44. The Morgan fingerprint density at radius 2 is 2.30 bits per heavy atom. The molecule has 8 heteroatoms. The van der Waals surface area contributed by atoms with Crippen LogP contribution in [0.25, 0.3) is 0 Å². The summed E-state index contributed by atoms with van der Waals surface area (Å²) in [7, 11) is 1.47. The van der Waals surface area contributed by atoms with E-state index in [9.17, 15) is 14.9 Å². The van der Waals surface area contributed by atoms with E-state index in [2.05, 4.69) is 4.98 Å². The summed E-state index contributed by atoms with van der Waals surface area (Å²) in [5.41, 5.74) is 0.718. The molecule has 0 bridgehead atoms. The van der Waals surface area contributed by atoms with E-state index in [4.69, 9.17) is 9.84 Å². The van der Waals surface area contributed by atoms with Crippen molar-refractivity contribution >= 4 is 11.8 Å². The van der Waals surface area contributed by atoms with Gasteiger partial charge in [-0.15, -0.1) is 0 Å². The number of hydrogen-bond donors (Lipinski definition) is 1. The van der Waals surface area contributed by atoms with Crippen LogP contribution < -0.4 is 4.74 Å². The fourth-order valence-electron chi connectivity index (χ4n) is 1.76. The average molecular weight is 277 g/mol. The Morgan fingerprint density at radius 1 is 1.55 bits per heavy atom. The van der Waals surface area contributed by atoms with Gasteiger partial charge in [-0.05, 0) is 28.1 Å². The van der Waals surface area contributed by atoms with Gasteiger partial charge in [0.1, 0.15) is 11.9 Å². The molecule has 1 aromatic heterocycles. The fourth-order valence-corrected chi connectivity index (χ4v) is 1.76. The Hall–Kier alpha value is -2.90. The highest BCUT2D eigenvalue weighted by atomic mass is 16.6. The lowest BCUT2D eigenvalue weighted by Gasteiger charge is -2.09. The Kier molecular flexibility index (Phi) is 3.65. The van der Waals surface area contributed by atoms with Gasteiger partial charge in [0, 0.05) is 5.56 Å². The van der Waals surface area contributed by atoms with Crippen LogP contribution in [-0.2, 0) is 6.54 Å². The molecule has 1 N–H and O–H groups in total. The lowest BCUT2D eigenvalue weighted by Crippen LogP contribution is -2.03. The second-order valence-corrected chi connectivity index (χ2v) is 3.99. The van der Waals surface area contributed by atoms with Crippen LogP contribution in [0.2, 0.25) is 0 Å². The van der Waals surface area contributed by atoms with E-state index < -0.39 is 10.9 Å². The third-order valence-electron chi connectivity index (χ3n) is 2.69. The standard InChI is InChI=1S/C12H11N3O5/c1-20-10-3-2-8(12(16)17)4-9(10)5-14-6-11(13-7-14)15(18)19/h2-4,6-7H,5H2,1H3,(H,16,17). The highest BCUT2D eigenvalue weighted by Crippen LogP contribution is 2.21. The lowest BCUT2D eigenvalue weighted by atomic mass is 10.1. The predicted molar refractivity (Wildman–Crippen MR) is 67.9 cm³/mol. The molecule has 20 heavy (non-hydrogen) atoms. The molecule has 2 aromatic rings. The molecule has 2 rings (SSSR count). The molecule has 104 valence electrons. The van der Waals surface area contributed by atoms with E-state index in [1.54, 1.807) is 6.07 Å². The molecule has 0 unspecified atom stereocenters. The van der Waals surface area contributed by atoms with Gasteiger partial charge in [-0.1, -0.05) is 0 Å². The highest BCUT2D eigenvalue weighted by Gasteiger charge is 2.13. The van der Waals surface area contributed by atoms with Crippen molar-refractivity contribution in [2.75, 3.05) is 7.11 Å². The first-order valence-electron chi connectivity index (χ1n) is 5.57. The van der Waals surface area contributed by atoms with Gasteiger partial charge in [-0.3, -0.25) is 0 Å². The van der Waals surface area contributed by atoms with E-state index in [-0.39, 0.29) is 17.9 Å². The second kappa shape index (κ2) is 5.39. The Balaban J connectivity index is 2.32. The lowest BCUT2D eigenvalue weighted by molar-refractivity contribution is -0.389. The first-order valence-corrected chi connectivity index (χ1v) is 5.57. The van der Waals surface area contributed by atoms with Crippen molar-refractivity contribution in [2.45, 2.75) is 6.54 Å². The highest BCUT2D eigenvalue weighted by molar-refractivity contribution is 5.88. The number of aromatic carboxylic acids is 1. The minimum Gasteiger partial charge on any atom is -0.496 e. The smallest absolute Gasteiger partial charge is 0.381 e. The van der Waals surface area contributed by atoms with Gasteiger partial charge in [0.05, 0.1) is 19.2 Å². The van der Waals surface area contributed by atoms with Crippen molar-refractivity contribution in [1.29, 1.82) is 0 Å². The number of rotatable bonds is 5. The topological polar surface area (TPSA) is 107 Å². The van der Waals surface area contributed by atoms with Crippen molar-refractivity contribution in [2.24, 2.45) is 0 Å². The van der Waals surface area contributed by atoms with Crippen LogP contribution in [0.1, 0.15) is 15.9 Å². The first-order chi connectivity index (χ1) is 9.51. The molecule has 0 saturated heterocycles. The fraction of sp³-hybridized carbons (Fsp3) is 0.167. The van der Waals surface area contributed by atoms with Crippen molar-refractivity contribution in [3.8, 4) is 5.75 Å². The van der Waals surface area contributed by atoms with Gasteiger partial charge in [0.15, 0.2) is 0 Å². The summed E-state index contributed by atoms with van der Waals surface area (Å²) in [5.74, 6) is -0.810. The molecule has 1 aromatic carbocycles. The molecule has 0 radical (unpaired) electrons. The van der Waals surface area contributed by atoms with E-state index >= 15 is 0 Å². The van der Waals surface area contributed by atoms with Gasteiger partial charge in [0.2, 0.25) is 6.33 Å². The molecule has 0 atom stereocenters. The van der Waals surface area contributed by atoms with Crippen molar-refractivity contribution < 1.29 is 19.6 Å². The number of aromatic nitrogens is 2. The zero-order chi connectivity index (χ0) is 14.7. The summed E-state index contributed by atoms with van der Waals surface area (Å²) in [6.45, 7) is 0.227. The van der Waals surface area contributed by atoms with Crippen LogP contribution in [0.3, 0.4) is 0 Å². The number of imidazole rings is 1. The largest absolute Gasteiger partial charge is 0.496 e. The molecule has 0 fully saturated rings. The minimum absolute atomic E-state index is 0.121. The number of benzene rings is 1. The SMILES string of the molecule is COc1ccc(C(=O)O)cc1Cn1cnc([N+](=O)[O-])c1. The summed E-state index contributed by atoms with van der Waals surface area (Å²) < 4.78 is 6.63. The second-order valence-electron chi connectivity index (χ2n) is 3.99. The van der Waals surface area contributed by atoms with Gasteiger partial charge in [0.25, 0.3) is 0 Å². The summed E-state index contributed by atoms with van der Waals surface area (Å²) in [6.07, 6.45) is 2.58. The Labute approximate surface area is 113 Å². The first kappa shape index (κ1) is 13.5. The summed E-state index contributed by atoms with van der Waals surface area (Å²) in [5, 5.41) is 19.5. The third-order valence-corrected chi connectivity index (χ3v) is 2.69. The molecule has 8 nitrogen and oxygen atoms in total. The maximum Gasteiger partial charge on any atom is 0.381 e. The Morgan fingerprint density at radius 3 is 2.85 bits per heavy atom. The van der Waals surface area contributed by atoms with Gasteiger partial charge in [-0.25, -0.2) is 4.79 Å². The molecule has 0 amide bonds. The molecule has 0 aliphatic carbocycles. The normalized spacial score (nSPS) is 10.2. The number of hydrogen-bond acceptors (Lipinski definition) is 5. The molecule has 0 saturated carbocycles. The maximum atomic E-state index is 10.9. The Bertz CT molecular complexity index is 665. The monoisotopic (exact) mass is 277 g/mol. The van der Waals surface area contributed by atoms with Crippen molar-refractivity contribution in [1.82, 2.24) is 9.55 Å². The number of carboxylic acids is 1. The van der Waals surface area contributed by atoms with Crippen LogP contribution in [0.15, 0.2) is 30.7 Å². The van der Waals surface area contributed by atoms with E-state index in [1.807, 2.05) is 0 Å². The van der Waals surface area contributed by atoms with Gasteiger partial charge >= 0.3 is 11.8 Å². The number of carboxylic acid groups (broad SMARTS) is 1. The zero-order valence-electron chi connectivity index (χ0n) is 10.5. The van der Waals surface area contributed by atoms with Crippen LogP contribution in [0, 0.1) is 10.1 Å². The molecule has 0 spiro atoms. The summed E-state index contributed by atoms with van der Waals surface area (Å²) >= 11 is 0. The minimum atomic E-state index is -1.05. The number of carbonyl (C=O) groups is 1. The van der Waals surface area contributed by atoms with E-state index in [1.165, 1.54) is 36.3 Å². The molecule has 1 heterocycles. The molecular weight excluding hydrogens is 266 g/mol. The van der Waals surface area contributed by atoms with Crippen LogP contribution >= 0.6 is 0 Å². The molecule has 0 aliphatic heterocycles. The number of nitrogens with zero attached hydrogens (tertiary/aromatic N) is 3. The number of ether oxygens (including phenoxy) is 1. The van der Waals surface area contributed by atoms with E-state index in [0.717, 1.165) is 0 Å². The number of methoxy groups -OCH3 is 1.